The Balaban J connectivity index is 1.69. The molecule has 0 aromatic heterocycles. The highest BCUT2D eigenvalue weighted by Gasteiger charge is 2.72. The first kappa shape index (κ1) is 20.0. The standard InChI is InChI=1S/C22H23Cl2NO2S/c1-14(2)21(24)22-13-25(28(26,27)18-10-4-15(3)5-11-18)12-19(22)20(22)16-6-8-17(23)9-7-16/h4-11,19-20H,12-13H2,1-3H3/t19-,20-,22+/m0/s1. The summed E-state index contributed by atoms with van der Waals surface area (Å²) < 4.78 is 28.0. The Morgan fingerprint density at radius 3 is 2.25 bits per heavy atom. The van der Waals surface area contributed by atoms with Crippen LogP contribution in [-0.4, -0.2) is 25.8 Å². The normalized spacial score (nSPS) is 26.8. The average Bonchev–Trinajstić information content (AvgIpc) is 3.10. The van der Waals surface area contributed by atoms with E-state index >= 15 is 0 Å². The minimum absolute atomic E-state index is 0.177. The Kier molecular flexibility index (Phi) is 4.90. The summed E-state index contributed by atoms with van der Waals surface area (Å²) in [7, 11) is -3.54. The Morgan fingerprint density at radius 2 is 1.68 bits per heavy atom. The van der Waals surface area contributed by atoms with Crippen LogP contribution >= 0.6 is 23.2 Å². The van der Waals surface area contributed by atoms with E-state index in [1.165, 1.54) is 5.56 Å². The molecule has 0 bridgehead atoms. The molecular formula is C22H23Cl2NO2S. The summed E-state index contributed by atoms with van der Waals surface area (Å²) in [5.41, 5.74) is 2.90. The lowest BCUT2D eigenvalue weighted by Crippen LogP contribution is -2.33. The van der Waals surface area contributed by atoms with Gasteiger partial charge >= 0.3 is 0 Å². The van der Waals surface area contributed by atoms with Crippen molar-refractivity contribution in [3.63, 3.8) is 0 Å². The summed E-state index contributed by atoms with van der Waals surface area (Å²) in [6.07, 6.45) is 0. The maximum Gasteiger partial charge on any atom is 0.243 e. The fraction of sp³-hybridized carbons (Fsp3) is 0.364. The average molecular weight is 436 g/mol. The van der Waals surface area contributed by atoms with Gasteiger partial charge in [-0.25, -0.2) is 8.42 Å². The van der Waals surface area contributed by atoms with Crippen LogP contribution in [0.4, 0.5) is 0 Å². The van der Waals surface area contributed by atoms with Crippen molar-refractivity contribution in [3.8, 4) is 0 Å². The van der Waals surface area contributed by atoms with Crippen LogP contribution in [-0.2, 0) is 10.0 Å². The molecule has 2 aromatic carbocycles. The van der Waals surface area contributed by atoms with Crippen LogP contribution in [0.15, 0.2) is 64.0 Å². The van der Waals surface area contributed by atoms with Gasteiger partial charge in [-0.1, -0.05) is 58.6 Å². The first-order valence-electron chi connectivity index (χ1n) is 9.33. The van der Waals surface area contributed by atoms with E-state index in [2.05, 4.69) is 0 Å². The third-order valence-electron chi connectivity index (χ3n) is 6.08. The van der Waals surface area contributed by atoms with E-state index in [1.54, 1.807) is 16.4 Å². The van der Waals surface area contributed by atoms with Gasteiger partial charge in [0.05, 0.1) is 4.90 Å². The highest BCUT2D eigenvalue weighted by atomic mass is 35.5. The molecule has 1 aliphatic carbocycles. The number of piperidine rings is 1. The summed E-state index contributed by atoms with van der Waals surface area (Å²) in [6.45, 7) is 6.81. The topological polar surface area (TPSA) is 37.4 Å². The van der Waals surface area contributed by atoms with Crippen molar-refractivity contribution in [3.05, 3.63) is 75.3 Å². The number of halogens is 2. The lowest BCUT2D eigenvalue weighted by Gasteiger charge is -2.24. The molecule has 0 radical (unpaired) electrons. The quantitative estimate of drug-likeness (QED) is 0.627. The third-order valence-corrected chi connectivity index (χ3v) is 8.89. The molecule has 28 heavy (non-hydrogen) atoms. The lowest BCUT2D eigenvalue weighted by molar-refractivity contribution is 0.411. The molecule has 0 unspecified atom stereocenters. The maximum absolute atomic E-state index is 13.2. The SMILES string of the molecule is CC(C)=C(Cl)[C@]12CN(S(=O)(=O)c3ccc(C)cc3)C[C@H]1[C@@H]2c1ccc(Cl)cc1. The summed E-state index contributed by atoms with van der Waals surface area (Å²) >= 11 is 12.8. The molecule has 1 saturated carbocycles. The zero-order valence-corrected chi connectivity index (χ0v) is 18.4. The predicted molar refractivity (Wildman–Crippen MR) is 114 cm³/mol. The van der Waals surface area contributed by atoms with E-state index < -0.39 is 10.0 Å². The number of allylic oxidation sites excluding steroid dienone is 1. The van der Waals surface area contributed by atoms with Crippen molar-refractivity contribution >= 4 is 33.2 Å². The summed E-state index contributed by atoms with van der Waals surface area (Å²) in [6, 6.07) is 14.9. The molecule has 1 saturated heterocycles. The molecule has 2 aromatic rings. The smallest absolute Gasteiger partial charge is 0.207 e. The van der Waals surface area contributed by atoms with Gasteiger partial charge in [0.15, 0.2) is 0 Å². The van der Waals surface area contributed by atoms with Gasteiger partial charge in [0.1, 0.15) is 0 Å². The van der Waals surface area contributed by atoms with Crippen molar-refractivity contribution < 1.29 is 8.42 Å². The van der Waals surface area contributed by atoms with Gasteiger partial charge in [0.25, 0.3) is 0 Å². The Bertz CT molecular complexity index is 1040. The molecule has 3 atom stereocenters. The van der Waals surface area contributed by atoms with E-state index in [-0.39, 0.29) is 17.3 Å². The predicted octanol–water partition coefficient (Wildman–Crippen LogP) is 5.59. The number of fused-ring (bicyclic) bond motifs is 1. The third kappa shape index (κ3) is 3.02. The molecule has 2 aliphatic rings. The monoisotopic (exact) mass is 435 g/mol. The van der Waals surface area contributed by atoms with Crippen molar-refractivity contribution in [2.75, 3.05) is 13.1 Å². The number of aryl methyl sites for hydroxylation is 1. The maximum atomic E-state index is 13.2. The number of nitrogens with zero attached hydrogens (tertiary/aromatic N) is 1. The minimum Gasteiger partial charge on any atom is -0.207 e. The zero-order valence-electron chi connectivity index (χ0n) is 16.1. The second kappa shape index (κ2) is 6.88. The second-order valence-electron chi connectivity index (χ2n) is 8.10. The molecule has 2 fully saturated rings. The van der Waals surface area contributed by atoms with Crippen LogP contribution in [0.5, 0.6) is 0 Å². The van der Waals surface area contributed by atoms with Crippen LogP contribution < -0.4 is 0 Å². The second-order valence-corrected chi connectivity index (χ2v) is 10.9. The highest BCUT2D eigenvalue weighted by Crippen LogP contribution is 2.73. The molecule has 1 heterocycles. The molecule has 6 heteroatoms. The summed E-state index contributed by atoms with van der Waals surface area (Å²) in [5.74, 6) is 0.396. The van der Waals surface area contributed by atoms with Gasteiger partial charge in [0, 0.05) is 34.5 Å². The van der Waals surface area contributed by atoms with Crippen LogP contribution in [0.1, 0.15) is 30.9 Å². The molecule has 0 amide bonds. The van der Waals surface area contributed by atoms with Crippen molar-refractivity contribution in [1.29, 1.82) is 0 Å². The molecular weight excluding hydrogens is 413 g/mol. The molecule has 4 rings (SSSR count). The lowest BCUT2D eigenvalue weighted by atomic mass is 9.96. The van der Waals surface area contributed by atoms with Gasteiger partial charge < -0.3 is 0 Å². The minimum atomic E-state index is -3.54. The van der Waals surface area contributed by atoms with Gasteiger partial charge in [0.2, 0.25) is 10.0 Å². The fourth-order valence-electron chi connectivity index (χ4n) is 4.65. The number of hydrogen-bond acceptors (Lipinski definition) is 2. The molecule has 148 valence electrons. The summed E-state index contributed by atoms with van der Waals surface area (Å²) in [4.78, 5) is 0.339. The molecule has 0 N–H and O–H groups in total. The number of rotatable bonds is 4. The first-order valence-corrected chi connectivity index (χ1v) is 11.5. The number of sulfonamides is 1. The van der Waals surface area contributed by atoms with Crippen LogP contribution in [0, 0.1) is 18.3 Å². The fourth-order valence-corrected chi connectivity index (χ4v) is 6.62. The van der Waals surface area contributed by atoms with Crippen LogP contribution in [0.2, 0.25) is 5.02 Å². The summed E-state index contributed by atoms with van der Waals surface area (Å²) in [5, 5.41) is 1.49. The van der Waals surface area contributed by atoms with Crippen LogP contribution in [0.3, 0.4) is 0 Å². The Morgan fingerprint density at radius 1 is 1.07 bits per heavy atom. The highest BCUT2D eigenvalue weighted by molar-refractivity contribution is 7.89. The Hall–Kier alpha value is -1.33. The molecule has 3 nitrogen and oxygen atoms in total. The van der Waals surface area contributed by atoms with Gasteiger partial charge in [-0.05, 0) is 56.5 Å². The zero-order chi connectivity index (χ0) is 20.3. The van der Waals surface area contributed by atoms with E-state index in [1.807, 2.05) is 57.2 Å². The Labute approximate surface area is 177 Å². The van der Waals surface area contributed by atoms with Gasteiger partial charge in [-0.3, -0.25) is 0 Å². The number of hydrogen-bond donors (Lipinski definition) is 0. The van der Waals surface area contributed by atoms with Crippen molar-refractivity contribution in [1.82, 2.24) is 4.31 Å². The van der Waals surface area contributed by atoms with E-state index in [0.29, 0.717) is 23.0 Å². The van der Waals surface area contributed by atoms with Crippen molar-refractivity contribution in [2.45, 2.75) is 31.6 Å². The van der Waals surface area contributed by atoms with Crippen LogP contribution in [0.25, 0.3) is 0 Å². The van der Waals surface area contributed by atoms with E-state index in [9.17, 15) is 8.42 Å². The molecule has 1 aliphatic heterocycles. The van der Waals surface area contributed by atoms with Gasteiger partial charge in [-0.2, -0.15) is 4.31 Å². The van der Waals surface area contributed by atoms with E-state index in [4.69, 9.17) is 23.2 Å². The first-order chi connectivity index (χ1) is 13.2. The number of benzene rings is 2. The molecule has 0 spiro atoms. The van der Waals surface area contributed by atoms with Gasteiger partial charge in [-0.15, -0.1) is 0 Å². The van der Waals surface area contributed by atoms with E-state index in [0.717, 1.165) is 16.2 Å². The largest absolute Gasteiger partial charge is 0.243 e. The van der Waals surface area contributed by atoms with Crippen molar-refractivity contribution in [2.24, 2.45) is 11.3 Å².